The Kier molecular flexibility index (Phi) is 10.9. The average Bonchev–Trinajstić information content (AvgIpc) is 2.89. The summed E-state index contributed by atoms with van der Waals surface area (Å²) in [6.07, 6.45) is 0.448. The summed E-state index contributed by atoms with van der Waals surface area (Å²) in [6.45, 7) is 11.3. The summed E-state index contributed by atoms with van der Waals surface area (Å²) in [6, 6.07) is 4.33. The smallest absolute Gasteiger partial charge is 0.224 e. The first-order valence-electron chi connectivity index (χ1n) is 16.6. The minimum absolute atomic E-state index is 0.0206. The standard InChI is InChI=1S/C30H53N3O6/c1-19(2)22(14-21-10-11-26(38-8)27(15-21)39-13-9-12-37-7)16-24(31)25(34)17-23(20(3)4)28(35)33-18-30(5,6)29(32)36/h10-11,15,19-20,22-25,34H,9,12-14,16-18,31H2,1-8H3,(H2,32,36)(H,33,35)/t22-,23-,24-,25-/m0/s1/i7D3,8D3. The normalized spacial score (nSPS) is 18.0. The van der Waals surface area contributed by atoms with Gasteiger partial charge >= 0.3 is 0 Å². The van der Waals surface area contributed by atoms with Crippen molar-refractivity contribution in [1.82, 2.24) is 5.32 Å². The van der Waals surface area contributed by atoms with E-state index in [0.717, 1.165) is 5.56 Å². The van der Waals surface area contributed by atoms with Crippen LogP contribution in [0.3, 0.4) is 0 Å². The van der Waals surface area contributed by atoms with E-state index in [9.17, 15) is 14.7 Å². The number of hydrogen-bond acceptors (Lipinski definition) is 7. The van der Waals surface area contributed by atoms with Crippen molar-refractivity contribution in [2.75, 3.05) is 33.8 Å². The van der Waals surface area contributed by atoms with Gasteiger partial charge in [0.2, 0.25) is 11.8 Å². The van der Waals surface area contributed by atoms with Gasteiger partial charge in [-0.25, -0.2) is 0 Å². The Bertz CT molecular complexity index is 1080. The molecule has 9 heteroatoms. The Morgan fingerprint density at radius 2 is 1.79 bits per heavy atom. The first kappa shape index (κ1) is 25.6. The summed E-state index contributed by atoms with van der Waals surface area (Å²) >= 11 is 0. The number of rotatable bonds is 19. The molecule has 0 saturated carbocycles. The van der Waals surface area contributed by atoms with Crippen LogP contribution < -0.4 is 26.3 Å². The van der Waals surface area contributed by atoms with E-state index in [1.807, 2.05) is 27.7 Å². The highest BCUT2D eigenvalue weighted by Crippen LogP contribution is 2.32. The molecular weight excluding hydrogens is 498 g/mol. The Hall–Kier alpha value is -2.36. The zero-order chi connectivity index (χ0) is 34.8. The number of primary amides is 1. The van der Waals surface area contributed by atoms with Gasteiger partial charge in [-0.05, 0) is 68.6 Å². The summed E-state index contributed by atoms with van der Waals surface area (Å²) in [5, 5.41) is 13.9. The predicted molar refractivity (Wildman–Crippen MR) is 155 cm³/mol. The van der Waals surface area contributed by atoms with Crippen LogP contribution in [0.1, 0.15) is 74.6 Å². The van der Waals surface area contributed by atoms with Crippen LogP contribution in [0, 0.1) is 29.1 Å². The van der Waals surface area contributed by atoms with Crippen molar-refractivity contribution in [1.29, 1.82) is 0 Å². The molecule has 0 unspecified atom stereocenters. The lowest BCUT2D eigenvalue weighted by Gasteiger charge is -2.30. The monoisotopic (exact) mass is 557 g/mol. The van der Waals surface area contributed by atoms with E-state index in [0.29, 0.717) is 12.8 Å². The van der Waals surface area contributed by atoms with Crippen molar-refractivity contribution in [3.63, 3.8) is 0 Å². The molecule has 0 aliphatic rings. The summed E-state index contributed by atoms with van der Waals surface area (Å²) in [7, 11) is -5.21. The van der Waals surface area contributed by atoms with Crippen LogP contribution in [0.4, 0.5) is 0 Å². The van der Waals surface area contributed by atoms with E-state index in [2.05, 4.69) is 5.32 Å². The molecule has 39 heavy (non-hydrogen) atoms. The van der Waals surface area contributed by atoms with Crippen LogP contribution in [0.5, 0.6) is 11.5 Å². The summed E-state index contributed by atoms with van der Waals surface area (Å²) < 4.78 is 59.4. The van der Waals surface area contributed by atoms with Crippen molar-refractivity contribution in [3.8, 4) is 11.5 Å². The molecule has 0 spiro atoms. The second-order valence-corrected chi connectivity index (χ2v) is 11.7. The molecule has 0 saturated heterocycles. The van der Waals surface area contributed by atoms with Crippen molar-refractivity contribution < 1.29 is 37.1 Å². The zero-order valence-electron chi connectivity index (χ0n) is 30.3. The lowest BCUT2D eigenvalue weighted by Crippen LogP contribution is -2.46. The molecule has 0 radical (unpaired) electrons. The largest absolute Gasteiger partial charge is 0.493 e. The molecule has 0 heterocycles. The number of aliphatic hydroxyl groups is 1. The van der Waals surface area contributed by atoms with Crippen LogP contribution in [0.25, 0.3) is 0 Å². The maximum Gasteiger partial charge on any atom is 0.224 e. The third-order valence-electron chi connectivity index (χ3n) is 7.28. The lowest BCUT2D eigenvalue weighted by molar-refractivity contribution is -0.130. The first-order chi connectivity index (χ1) is 20.5. The molecule has 224 valence electrons. The number of carbonyl (C=O) groups excluding carboxylic acids is 2. The molecule has 1 aromatic carbocycles. The summed E-state index contributed by atoms with van der Waals surface area (Å²) in [4.78, 5) is 24.6. The molecule has 9 nitrogen and oxygen atoms in total. The predicted octanol–water partition coefficient (Wildman–Crippen LogP) is 3.29. The van der Waals surface area contributed by atoms with Gasteiger partial charge in [0.1, 0.15) is 0 Å². The Balaban J connectivity index is 2.99. The van der Waals surface area contributed by atoms with E-state index in [1.54, 1.807) is 26.0 Å². The highest BCUT2D eigenvalue weighted by atomic mass is 16.5. The quantitative estimate of drug-likeness (QED) is 0.191. The fourth-order valence-corrected chi connectivity index (χ4v) is 4.23. The van der Waals surface area contributed by atoms with Crippen molar-refractivity contribution >= 4 is 11.8 Å². The molecular formula is C30H53N3O6. The number of amides is 2. The Morgan fingerprint density at radius 3 is 2.38 bits per heavy atom. The highest BCUT2D eigenvalue weighted by molar-refractivity contribution is 5.83. The van der Waals surface area contributed by atoms with Crippen LogP contribution >= 0.6 is 0 Å². The molecule has 6 N–H and O–H groups in total. The molecule has 0 fully saturated rings. The van der Waals surface area contributed by atoms with Gasteiger partial charge in [-0.15, -0.1) is 0 Å². The van der Waals surface area contributed by atoms with Crippen LogP contribution in [-0.4, -0.2) is 62.9 Å². The molecule has 0 aromatic heterocycles. The fourth-order valence-electron chi connectivity index (χ4n) is 4.23. The zero-order valence-corrected chi connectivity index (χ0v) is 24.3. The van der Waals surface area contributed by atoms with Gasteiger partial charge in [0.05, 0.1) is 33.4 Å². The minimum atomic E-state index is -2.70. The third-order valence-corrected chi connectivity index (χ3v) is 7.28. The lowest BCUT2D eigenvalue weighted by atomic mass is 9.80. The van der Waals surface area contributed by atoms with E-state index >= 15 is 0 Å². The minimum Gasteiger partial charge on any atom is -0.493 e. The molecule has 0 bridgehead atoms. The van der Waals surface area contributed by atoms with Crippen molar-refractivity contribution in [2.24, 2.45) is 40.6 Å². The number of nitrogens with one attached hydrogen (secondary N) is 1. The van der Waals surface area contributed by atoms with Gasteiger partial charge in [0, 0.05) is 38.6 Å². The van der Waals surface area contributed by atoms with Gasteiger partial charge < -0.3 is 36.1 Å². The van der Waals surface area contributed by atoms with E-state index in [4.69, 9.17) is 33.9 Å². The van der Waals surface area contributed by atoms with Gasteiger partial charge in [-0.3, -0.25) is 9.59 Å². The topological polar surface area (TPSA) is 146 Å². The van der Waals surface area contributed by atoms with Gasteiger partial charge in [-0.2, -0.15) is 0 Å². The molecule has 0 aliphatic carbocycles. The Morgan fingerprint density at radius 1 is 1.08 bits per heavy atom. The van der Waals surface area contributed by atoms with Crippen LogP contribution in [0.2, 0.25) is 0 Å². The second-order valence-electron chi connectivity index (χ2n) is 11.7. The number of methoxy groups -OCH3 is 2. The van der Waals surface area contributed by atoms with Gasteiger partial charge in [-0.1, -0.05) is 33.8 Å². The molecule has 0 aliphatic heterocycles. The average molecular weight is 558 g/mol. The third kappa shape index (κ3) is 11.7. The van der Waals surface area contributed by atoms with Crippen LogP contribution in [-0.2, 0) is 20.7 Å². The number of carbonyl (C=O) groups is 2. The van der Waals surface area contributed by atoms with E-state index in [-0.39, 0.29) is 67.8 Å². The van der Waals surface area contributed by atoms with Gasteiger partial charge in [0.25, 0.3) is 0 Å². The maximum atomic E-state index is 13.0. The van der Waals surface area contributed by atoms with E-state index < -0.39 is 43.5 Å². The van der Waals surface area contributed by atoms with Crippen molar-refractivity contribution in [3.05, 3.63) is 23.8 Å². The second kappa shape index (κ2) is 16.7. The van der Waals surface area contributed by atoms with Gasteiger partial charge in [0.15, 0.2) is 11.5 Å². The maximum absolute atomic E-state index is 13.0. The fraction of sp³-hybridized carbons (Fsp3) is 0.733. The SMILES string of the molecule is [2H]C([2H])([2H])OCCCOc1cc(C[C@@H](C[C@H](N)[C@@H](O)C[C@H](C(=O)NCC(C)(C)C(N)=O)C(C)C)C(C)C)ccc1OC([2H])([2H])[2H]. The first-order valence-corrected chi connectivity index (χ1v) is 13.6. The molecule has 2 amide bonds. The number of benzene rings is 1. The number of ether oxygens (including phenoxy) is 3. The Labute approximate surface area is 243 Å². The number of hydrogen-bond donors (Lipinski definition) is 4. The number of aliphatic hydroxyl groups excluding tert-OH is 1. The molecule has 1 aromatic rings. The van der Waals surface area contributed by atoms with E-state index in [1.165, 1.54) is 6.07 Å². The summed E-state index contributed by atoms with van der Waals surface area (Å²) in [5.74, 6) is -0.986. The van der Waals surface area contributed by atoms with Crippen molar-refractivity contribution in [2.45, 2.75) is 79.4 Å². The molecule has 1 rings (SSSR count). The van der Waals surface area contributed by atoms with Crippen LogP contribution in [0.15, 0.2) is 18.2 Å². The number of nitrogens with two attached hydrogens (primary N) is 2. The molecule has 4 atom stereocenters. The highest BCUT2D eigenvalue weighted by Gasteiger charge is 2.32. The summed E-state index contributed by atoms with van der Waals surface area (Å²) in [5.41, 5.74) is 11.8.